The first kappa shape index (κ1) is 11.3. The van der Waals surface area contributed by atoms with Gasteiger partial charge in [0.15, 0.2) is 11.6 Å². The maximum absolute atomic E-state index is 12.7. The van der Waals surface area contributed by atoms with Crippen molar-refractivity contribution >= 4 is 5.97 Å². The number of halogens is 1. The van der Waals surface area contributed by atoms with Crippen LogP contribution in [0.5, 0.6) is 11.5 Å². The molecule has 0 aromatic heterocycles. The first-order valence-electron chi connectivity index (χ1n) is 4.43. The van der Waals surface area contributed by atoms with Crippen LogP contribution in [0.15, 0.2) is 12.1 Å². The van der Waals surface area contributed by atoms with E-state index in [1.165, 1.54) is 0 Å². The lowest BCUT2D eigenvalue weighted by atomic mass is 10.1. The molecule has 1 aromatic rings. The molecule has 0 fully saturated rings. The second kappa shape index (κ2) is 4.63. The van der Waals surface area contributed by atoms with E-state index in [1.54, 1.807) is 0 Å². The fraction of sp³-hybridized carbons (Fsp3) is 0.300. The number of phenolic OH excluding ortho intramolecular Hbond substituents is 2. The summed E-state index contributed by atoms with van der Waals surface area (Å²) in [5.41, 5.74) is 0.343. The zero-order valence-corrected chi connectivity index (χ0v) is 7.90. The Morgan fingerprint density at radius 1 is 1.27 bits per heavy atom. The van der Waals surface area contributed by atoms with Gasteiger partial charge in [-0.3, -0.25) is 4.79 Å². The van der Waals surface area contributed by atoms with Crippen molar-refractivity contribution in [2.45, 2.75) is 19.3 Å². The van der Waals surface area contributed by atoms with Crippen molar-refractivity contribution in [2.24, 2.45) is 0 Å². The van der Waals surface area contributed by atoms with Gasteiger partial charge in [-0.2, -0.15) is 0 Å². The summed E-state index contributed by atoms with van der Waals surface area (Å²) in [4.78, 5) is 10.2. The number of carboxylic acids is 1. The molecular weight excluding hydrogens is 203 g/mol. The number of aliphatic carboxylic acids is 1. The third-order valence-corrected chi connectivity index (χ3v) is 1.98. The van der Waals surface area contributed by atoms with Crippen LogP contribution in [0, 0.1) is 5.82 Å². The number of phenols is 2. The van der Waals surface area contributed by atoms with E-state index in [1.807, 2.05) is 0 Å². The van der Waals surface area contributed by atoms with Crippen LogP contribution in [0.3, 0.4) is 0 Å². The highest BCUT2D eigenvalue weighted by molar-refractivity contribution is 5.66. The highest BCUT2D eigenvalue weighted by Gasteiger charge is 2.08. The lowest BCUT2D eigenvalue weighted by Gasteiger charge is -2.05. The Kier molecular flexibility index (Phi) is 3.49. The van der Waals surface area contributed by atoms with Gasteiger partial charge in [0.25, 0.3) is 0 Å². The van der Waals surface area contributed by atoms with Crippen molar-refractivity contribution in [3.05, 3.63) is 23.5 Å². The summed E-state index contributed by atoms with van der Waals surface area (Å²) in [6, 6.07) is 1.91. The lowest BCUT2D eigenvalue weighted by Crippen LogP contribution is -1.96. The van der Waals surface area contributed by atoms with Gasteiger partial charge in [0, 0.05) is 12.5 Å². The fourth-order valence-corrected chi connectivity index (χ4v) is 1.22. The quantitative estimate of drug-likeness (QED) is 0.666. The predicted octanol–water partition coefficient (Wildman–Crippen LogP) is 1.64. The summed E-state index contributed by atoms with van der Waals surface area (Å²) in [5.74, 6) is -2.64. The average molecular weight is 214 g/mol. The van der Waals surface area contributed by atoms with Gasteiger partial charge in [-0.1, -0.05) is 0 Å². The maximum atomic E-state index is 12.7. The van der Waals surface area contributed by atoms with Crippen LogP contribution in [-0.4, -0.2) is 21.3 Å². The van der Waals surface area contributed by atoms with E-state index in [-0.39, 0.29) is 18.6 Å². The van der Waals surface area contributed by atoms with Gasteiger partial charge in [-0.15, -0.1) is 0 Å². The summed E-state index contributed by atoms with van der Waals surface area (Å²) < 4.78 is 12.7. The van der Waals surface area contributed by atoms with E-state index in [0.29, 0.717) is 12.0 Å². The number of rotatable bonds is 4. The highest BCUT2D eigenvalue weighted by Crippen LogP contribution is 2.26. The Morgan fingerprint density at radius 3 is 2.53 bits per heavy atom. The Labute approximate surface area is 85.6 Å². The minimum atomic E-state index is -0.930. The van der Waals surface area contributed by atoms with Gasteiger partial charge < -0.3 is 15.3 Å². The summed E-state index contributed by atoms with van der Waals surface area (Å²) in [6.07, 6.45) is 0.581. The lowest BCUT2D eigenvalue weighted by molar-refractivity contribution is -0.137. The SMILES string of the molecule is O=C(O)CCCc1cc(O)c(F)cc1O. The Morgan fingerprint density at radius 2 is 1.93 bits per heavy atom. The molecule has 5 heteroatoms. The Balaban J connectivity index is 2.69. The number of aromatic hydroxyl groups is 2. The molecule has 4 nitrogen and oxygen atoms in total. The molecule has 3 N–H and O–H groups in total. The fourth-order valence-electron chi connectivity index (χ4n) is 1.22. The van der Waals surface area contributed by atoms with E-state index in [9.17, 15) is 14.3 Å². The Bertz CT molecular complexity index is 376. The molecule has 0 spiro atoms. The van der Waals surface area contributed by atoms with Gasteiger partial charge in [0.05, 0.1) is 0 Å². The molecule has 0 amide bonds. The third kappa shape index (κ3) is 3.12. The average Bonchev–Trinajstić information content (AvgIpc) is 2.13. The van der Waals surface area contributed by atoms with Crippen molar-refractivity contribution < 1.29 is 24.5 Å². The van der Waals surface area contributed by atoms with Crippen LogP contribution in [0.1, 0.15) is 18.4 Å². The minimum absolute atomic E-state index is 0.0302. The molecule has 15 heavy (non-hydrogen) atoms. The summed E-state index contributed by atoms with van der Waals surface area (Å²) in [6.45, 7) is 0. The molecule has 0 radical (unpaired) electrons. The second-order valence-corrected chi connectivity index (χ2v) is 3.18. The molecule has 0 unspecified atom stereocenters. The van der Waals surface area contributed by atoms with Crippen LogP contribution in [0.2, 0.25) is 0 Å². The van der Waals surface area contributed by atoms with Crippen molar-refractivity contribution in [2.75, 3.05) is 0 Å². The normalized spacial score (nSPS) is 10.2. The number of carboxylic acid groups (broad SMARTS) is 1. The third-order valence-electron chi connectivity index (χ3n) is 1.98. The van der Waals surface area contributed by atoms with Gasteiger partial charge >= 0.3 is 5.97 Å². The predicted molar refractivity (Wildman–Crippen MR) is 50.3 cm³/mol. The molecule has 0 aliphatic heterocycles. The maximum Gasteiger partial charge on any atom is 0.303 e. The van der Waals surface area contributed by atoms with Gasteiger partial charge in [-0.25, -0.2) is 4.39 Å². The highest BCUT2D eigenvalue weighted by atomic mass is 19.1. The molecule has 0 aliphatic carbocycles. The van der Waals surface area contributed by atoms with Crippen molar-refractivity contribution in [3.8, 4) is 11.5 Å². The van der Waals surface area contributed by atoms with Crippen molar-refractivity contribution in [3.63, 3.8) is 0 Å². The molecule has 0 heterocycles. The van der Waals surface area contributed by atoms with E-state index in [4.69, 9.17) is 10.2 Å². The number of carbonyl (C=O) groups is 1. The number of aryl methyl sites for hydroxylation is 1. The molecular formula is C10H11FO4. The summed E-state index contributed by atoms with van der Waals surface area (Å²) >= 11 is 0. The molecule has 1 rings (SSSR count). The van der Waals surface area contributed by atoms with Gasteiger partial charge in [-0.05, 0) is 24.5 Å². The summed E-state index contributed by atoms with van der Waals surface area (Å²) in [7, 11) is 0. The Hall–Kier alpha value is -1.78. The molecule has 82 valence electrons. The molecule has 0 bridgehead atoms. The van der Waals surface area contributed by atoms with E-state index in [2.05, 4.69) is 0 Å². The first-order valence-corrected chi connectivity index (χ1v) is 4.43. The second-order valence-electron chi connectivity index (χ2n) is 3.18. The van der Waals surface area contributed by atoms with Gasteiger partial charge in [0.2, 0.25) is 0 Å². The van der Waals surface area contributed by atoms with Crippen LogP contribution in [0.4, 0.5) is 4.39 Å². The zero-order chi connectivity index (χ0) is 11.4. The van der Waals surface area contributed by atoms with E-state index >= 15 is 0 Å². The van der Waals surface area contributed by atoms with Crippen molar-refractivity contribution in [1.82, 2.24) is 0 Å². The van der Waals surface area contributed by atoms with Crippen LogP contribution < -0.4 is 0 Å². The largest absolute Gasteiger partial charge is 0.508 e. The monoisotopic (exact) mass is 214 g/mol. The van der Waals surface area contributed by atoms with E-state index in [0.717, 1.165) is 12.1 Å². The first-order chi connectivity index (χ1) is 7.00. The number of hydrogen-bond acceptors (Lipinski definition) is 3. The topological polar surface area (TPSA) is 77.8 Å². The molecule has 0 saturated heterocycles. The number of benzene rings is 1. The smallest absolute Gasteiger partial charge is 0.303 e. The van der Waals surface area contributed by atoms with Crippen LogP contribution >= 0.6 is 0 Å². The van der Waals surface area contributed by atoms with E-state index < -0.39 is 17.5 Å². The van der Waals surface area contributed by atoms with Crippen molar-refractivity contribution in [1.29, 1.82) is 0 Å². The molecule has 1 aromatic carbocycles. The minimum Gasteiger partial charge on any atom is -0.508 e. The van der Waals surface area contributed by atoms with Crippen LogP contribution in [0.25, 0.3) is 0 Å². The summed E-state index contributed by atoms with van der Waals surface area (Å²) in [5, 5.41) is 26.7. The van der Waals surface area contributed by atoms with Crippen LogP contribution in [-0.2, 0) is 11.2 Å². The van der Waals surface area contributed by atoms with Gasteiger partial charge in [0.1, 0.15) is 5.75 Å². The molecule has 0 aliphatic rings. The zero-order valence-electron chi connectivity index (χ0n) is 7.90. The molecule has 0 saturated carbocycles. The number of hydrogen-bond donors (Lipinski definition) is 3. The molecule has 0 atom stereocenters. The standard InChI is InChI=1S/C10H11FO4/c11-7-5-8(12)6(4-9(7)13)2-1-3-10(14)15/h4-5,12-13H,1-3H2,(H,14,15).